The topological polar surface area (TPSA) is 72.5 Å². The number of aryl methyl sites for hydroxylation is 1. The van der Waals surface area contributed by atoms with Crippen LogP contribution < -0.4 is 20.1 Å². The maximum absolute atomic E-state index is 12.4. The molecule has 1 heterocycles. The molecule has 0 unspecified atom stereocenters. The average Bonchev–Trinajstić information content (AvgIpc) is 2.74. The lowest BCUT2D eigenvalue weighted by Crippen LogP contribution is -2.13. The molecule has 3 rings (SSSR count). The minimum atomic E-state index is -0.300. The highest BCUT2D eigenvalue weighted by Crippen LogP contribution is 2.29. The zero-order valence-corrected chi connectivity index (χ0v) is 16.2. The van der Waals surface area contributed by atoms with Crippen LogP contribution in [0.1, 0.15) is 23.0 Å². The Morgan fingerprint density at radius 3 is 2.18 bits per heavy atom. The van der Waals surface area contributed by atoms with Crippen molar-refractivity contribution in [3.05, 3.63) is 72.1 Å². The minimum absolute atomic E-state index is 0.300. The Morgan fingerprint density at radius 2 is 1.57 bits per heavy atom. The van der Waals surface area contributed by atoms with Crippen molar-refractivity contribution in [3.8, 4) is 11.5 Å². The molecule has 2 aromatic carbocycles. The second-order valence-electron chi connectivity index (χ2n) is 6.13. The van der Waals surface area contributed by atoms with Crippen LogP contribution in [0.4, 0.5) is 17.1 Å². The average molecular weight is 377 g/mol. The second kappa shape index (κ2) is 8.90. The van der Waals surface area contributed by atoms with Crippen molar-refractivity contribution in [1.82, 2.24) is 4.98 Å². The number of benzene rings is 2. The van der Waals surface area contributed by atoms with Crippen LogP contribution in [0.5, 0.6) is 11.5 Å². The predicted octanol–water partition coefficient (Wildman–Crippen LogP) is 4.66. The molecule has 0 fully saturated rings. The van der Waals surface area contributed by atoms with Gasteiger partial charge in [-0.2, -0.15) is 0 Å². The fourth-order valence-corrected chi connectivity index (χ4v) is 2.70. The highest BCUT2D eigenvalue weighted by Gasteiger charge is 2.10. The van der Waals surface area contributed by atoms with Crippen LogP contribution in [0.2, 0.25) is 0 Å². The van der Waals surface area contributed by atoms with Gasteiger partial charge in [0.1, 0.15) is 5.69 Å². The second-order valence-corrected chi connectivity index (χ2v) is 6.13. The molecule has 6 nitrogen and oxygen atoms in total. The first-order chi connectivity index (χ1) is 13.6. The first kappa shape index (κ1) is 19.2. The molecule has 28 heavy (non-hydrogen) atoms. The molecule has 1 aromatic heterocycles. The van der Waals surface area contributed by atoms with Gasteiger partial charge >= 0.3 is 0 Å². The summed E-state index contributed by atoms with van der Waals surface area (Å²) in [4.78, 5) is 16.7. The number of pyridine rings is 1. The molecule has 0 aliphatic rings. The van der Waals surface area contributed by atoms with E-state index in [2.05, 4.69) is 34.7 Å². The van der Waals surface area contributed by atoms with Crippen molar-refractivity contribution in [2.24, 2.45) is 0 Å². The standard InChI is InChI=1S/C22H23N3O3/c1-4-15-5-7-16(8-6-15)24-18-9-11-19(23-14-18)22(26)25-17-10-12-20(27-2)21(13-17)28-3/h5-14,24H,4H2,1-3H3,(H,25,26). The van der Waals surface area contributed by atoms with Gasteiger partial charge in [0, 0.05) is 17.4 Å². The number of amides is 1. The van der Waals surface area contributed by atoms with Crippen LogP contribution in [-0.4, -0.2) is 25.1 Å². The van der Waals surface area contributed by atoms with Crippen LogP contribution in [0.25, 0.3) is 0 Å². The van der Waals surface area contributed by atoms with Gasteiger partial charge in [-0.05, 0) is 48.4 Å². The number of carbonyl (C=O) groups excluding carboxylic acids is 1. The Bertz CT molecular complexity index is 938. The lowest BCUT2D eigenvalue weighted by atomic mass is 10.1. The molecular weight excluding hydrogens is 354 g/mol. The largest absolute Gasteiger partial charge is 0.493 e. The molecule has 0 radical (unpaired) electrons. The van der Waals surface area contributed by atoms with Gasteiger partial charge in [-0.3, -0.25) is 4.79 Å². The first-order valence-electron chi connectivity index (χ1n) is 8.98. The number of hydrogen-bond acceptors (Lipinski definition) is 5. The first-order valence-corrected chi connectivity index (χ1v) is 8.98. The van der Waals surface area contributed by atoms with Gasteiger partial charge in [-0.15, -0.1) is 0 Å². The normalized spacial score (nSPS) is 10.2. The molecular formula is C22H23N3O3. The number of aromatic nitrogens is 1. The third kappa shape index (κ3) is 4.59. The van der Waals surface area contributed by atoms with Crippen molar-refractivity contribution in [3.63, 3.8) is 0 Å². The Balaban J connectivity index is 1.66. The Hall–Kier alpha value is -3.54. The van der Waals surface area contributed by atoms with Gasteiger partial charge in [-0.1, -0.05) is 19.1 Å². The number of nitrogens with zero attached hydrogens (tertiary/aromatic N) is 1. The third-order valence-electron chi connectivity index (χ3n) is 4.29. The fourth-order valence-electron chi connectivity index (χ4n) is 2.70. The Kier molecular flexibility index (Phi) is 6.11. The van der Waals surface area contributed by atoms with E-state index in [0.717, 1.165) is 17.8 Å². The number of carbonyl (C=O) groups is 1. The van der Waals surface area contributed by atoms with Gasteiger partial charge in [0.05, 0.1) is 26.1 Å². The highest BCUT2D eigenvalue weighted by molar-refractivity contribution is 6.03. The van der Waals surface area contributed by atoms with Crippen LogP contribution >= 0.6 is 0 Å². The summed E-state index contributed by atoms with van der Waals surface area (Å²) in [6.07, 6.45) is 2.64. The zero-order chi connectivity index (χ0) is 19.9. The van der Waals surface area contributed by atoms with Crippen molar-refractivity contribution < 1.29 is 14.3 Å². The number of nitrogens with one attached hydrogen (secondary N) is 2. The molecule has 0 saturated heterocycles. The molecule has 144 valence electrons. The fraction of sp³-hybridized carbons (Fsp3) is 0.182. The molecule has 2 N–H and O–H groups in total. The quantitative estimate of drug-likeness (QED) is 0.627. The van der Waals surface area contributed by atoms with E-state index in [4.69, 9.17) is 9.47 Å². The SMILES string of the molecule is CCc1ccc(Nc2ccc(C(=O)Nc3ccc(OC)c(OC)c3)nc2)cc1. The number of rotatable bonds is 7. The summed E-state index contributed by atoms with van der Waals surface area (Å²) in [5.74, 6) is 0.842. The summed E-state index contributed by atoms with van der Waals surface area (Å²) >= 11 is 0. The van der Waals surface area contributed by atoms with Gasteiger partial charge in [0.15, 0.2) is 11.5 Å². The Morgan fingerprint density at radius 1 is 0.893 bits per heavy atom. The minimum Gasteiger partial charge on any atom is -0.493 e. The predicted molar refractivity (Wildman–Crippen MR) is 111 cm³/mol. The summed E-state index contributed by atoms with van der Waals surface area (Å²) in [5.41, 5.74) is 3.99. The summed E-state index contributed by atoms with van der Waals surface area (Å²) in [5, 5.41) is 6.08. The molecule has 0 spiro atoms. The third-order valence-corrected chi connectivity index (χ3v) is 4.29. The van der Waals surface area contributed by atoms with Gasteiger partial charge in [0.25, 0.3) is 5.91 Å². The summed E-state index contributed by atoms with van der Waals surface area (Å²) in [6.45, 7) is 2.12. The molecule has 0 aliphatic heterocycles. The number of hydrogen-bond donors (Lipinski definition) is 2. The van der Waals surface area contributed by atoms with Crippen LogP contribution in [0.15, 0.2) is 60.8 Å². The summed E-state index contributed by atoms with van der Waals surface area (Å²) < 4.78 is 10.4. The van der Waals surface area contributed by atoms with Crippen molar-refractivity contribution >= 4 is 23.0 Å². The van der Waals surface area contributed by atoms with Crippen molar-refractivity contribution in [1.29, 1.82) is 0 Å². The van der Waals surface area contributed by atoms with Crippen molar-refractivity contribution in [2.75, 3.05) is 24.9 Å². The molecule has 0 aliphatic carbocycles. The molecule has 0 atom stereocenters. The van der Waals surface area contributed by atoms with Crippen LogP contribution in [-0.2, 0) is 6.42 Å². The number of anilines is 3. The monoisotopic (exact) mass is 377 g/mol. The molecule has 1 amide bonds. The number of ether oxygens (including phenoxy) is 2. The van der Waals surface area contributed by atoms with E-state index in [-0.39, 0.29) is 5.91 Å². The van der Waals surface area contributed by atoms with Crippen molar-refractivity contribution in [2.45, 2.75) is 13.3 Å². The van der Waals surface area contributed by atoms with Gasteiger partial charge < -0.3 is 20.1 Å². The van der Waals surface area contributed by atoms with E-state index in [1.807, 2.05) is 18.2 Å². The van der Waals surface area contributed by atoms with E-state index >= 15 is 0 Å². The zero-order valence-electron chi connectivity index (χ0n) is 16.2. The van der Waals surface area contributed by atoms with Gasteiger partial charge in [0.2, 0.25) is 0 Å². The summed E-state index contributed by atoms with van der Waals surface area (Å²) in [6, 6.07) is 16.9. The molecule has 0 bridgehead atoms. The molecule has 6 heteroatoms. The molecule has 0 saturated carbocycles. The maximum Gasteiger partial charge on any atom is 0.274 e. The van der Waals surface area contributed by atoms with Crippen LogP contribution in [0.3, 0.4) is 0 Å². The Labute approximate surface area is 164 Å². The van der Waals surface area contributed by atoms with Crippen LogP contribution in [0, 0.1) is 0 Å². The van der Waals surface area contributed by atoms with E-state index < -0.39 is 0 Å². The van der Waals surface area contributed by atoms with E-state index in [1.54, 1.807) is 44.7 Å². The lowest BCUT2D eigenvalue weighted by Gasteiger charge is -2.11. The summed E-state index contributed by atoms with van der Waals surface area (Å²) in [7, 11) is 3.11. The van der Waals surface area contributed by atoms with E-state index in [9.17, 15) is 4.79 Å². The van der Waals surface area contributed by atoms with E-state index in [1.165, 1.54) is 5.56 Å². The highest BCUT2D eigenvalue weighted by atomic mass is 16.5. The molecule has 3 aromatic rings. The smallest absolute Gasteiger partial charge is 0.274 e. The lowest BCUT2D eigenvalue weighted by molar-refractivity contribution is 0.102. The van der Waals surface area contributed by atoms with Gasteiger partial charge in [-0.25, -0.2) is 4.98 Å². The van der Waals surface area contributed by atoms with E-state index in [0.29, 0.717) is 22.9 Å². The number of methoxy groups -OCH3 is 2. The maximum atomic E-state index is 12.4.